The number of aromatic nitrogens is 2. The van der Waals surface area contributed by atoms with Crippen LogP contribution in [0.4, 0.5) is 4.39 Å². The Balaban J connectivity index is 2.20. The van der Waals surface area contributed by atoms with E-state index in [2.05, 4.69) is 5.32 Å². The molecule has 1 aromatic carbocycles. The van der Waals surface area contributed by atoms with Gasteiger partial charge in [-0.05, 0) is 43.6 Å². The van der Waals surface area contributed by atoms with Gasteiger partial charge in [-0.15, -0.1) is 0 Å². The monoisotopic (exact) mass is 277 g/mol. The van der Waals surface area contributed by atoms with Gasteiger partial charge in [-0.2, -0.15) is 0 Å². The Hall–Kier alpha value is -1.95. The summed E-state index contributed by atoms with van der Waals surface area (Å²) in [7, 11) is 1.56. The van der Waals surface area contributed by atoms with Crippen LogP contribution in [0.3, 0.4) is 0 Å². The molecule has 5 nitrogen and oxygen atoms in total. The second-order valence-electron chi connectivity index (χ2n) is 5.28. The van der Waals surface area contributed by atoms with Gasteiger partial charge in [-0.25, -0.2) is 9.18 Å². The molecule has 3 rings (SSSR count). The Morgan fingerprint density at radius 3 is 2.90 bits per heavy atom. The Labute approximate surface area is 114 Å². The molecule has 1 N–H and O–H groups in total. The highest BCUT2D eigenvalue weighted by Crippen LogP contribution is 2.12. The summed E-state index contributed by atoms with van der Waals surface area (Å²) in [6.45, 7) is 2.14. The van der Waals surface area contributed by atoms with Crippen LogP contribution in [0.15, 0.2) is 27.8 Å². The van der Waals surface area contributed by atoms with Crippen LogP contribution < -0.4 is 16.6 Å². The predicted octanol–water partition coefficient (Wildman–Crippen LogP) is 0.449. The van der Waals surface area contributed by atoms with Crippen molar-refractivity contribution in [2.75, 3.05) is 13.1 Å². The number of aryl methyl sites for hydroxylation is 1. The van der Waals surface area contributed by atoms with E-state index < -0.39 is 5.82 Å². The average molecular weight is 277 g/mol. The molecule has 1 aliphatic rings. The molecule has 6 heteroatoms. The second kappa shape index (κ2) is 4.86. The Morgan fingerprint density at radius 2 is 2.20 bits per heavy atom. The van der Waals surface area contributed by atoms with Crippen LogP contribution in [0.2, 0.25) is 0 Å². The van der Waals surface area contributed by atoms with Crippen LogP contribution in [0, 0.1) is 11.7 Å². The quantitative estimate of drug-likeness (QED) is 0.867. The first-order valence-electron chi connectivity index (χ1n) is 6.67. The molecule has 0 radical (unpaired) electrons. The van der Waals surface area contributed by atoms with Gasteiger partial charge in [-0.3, -0.25) is 13.9 Å². The van der Waals surface area contributed by atoms with Gasteiger partial charge >= 0.3 is 5.69 Å². The summed E-state index contributed by atoms with van der Waals surface area (Å²) >= 11 is 0. The molecule has 1 unspecified atom stereocenters. The summed E-state index contributed by atoms with van der Waals surface area (Å²) in [5, 5.41) is 3.59. The van der Waals surface area contributed by atoms with Gasteiger partial charge in [0.1, 0.15) is 5.82 Å². The molecule has 1 atom stereocenters. The van der Waals surface area contributed by atoms with Gasteiger partial charge < -0.3 is 5.32 Å². The molecular weight excluding hydrogens is 261 g/mol. The summed E-state index contributed by atoms with van der Waals surface area (Å²) in [4.78, 5) is 24.7. The number of hydrogen-bond acceptors (Lipinski definition) is 3. The van der Waals surface area contributed by atoms with Crippen molar-refractivity contribution in [3.05, 3.63) is 44.9 Å². The average Bonchev–Trinajstić information content (AvgIpc) is 2.94. The highest BCUT2D eigenvalue weighted by atomic mass is 19.1. The number of hydrogen-bond donors (Lipinski definition) is 1. The first-order chi connectivity index (χ1) is 9.58. The van der Waals surface area contributed by atoms with Crippen LogP contribution in [-0.2, 0) is 13.6 Å². The molecule has 20 heavy (non-hydrogen) atoms. The van der Waals surface area contributed by atoms with Gasteiger partial charge in [0.2, 0.25) is 0 Å². The van der Waals surface area contributed by atoms with Gasteiger partial charge in [0.05, 0.1) is 10.9 Å². The Morgan fingerprint density at radius 1 is 1.40 bits per heavy atom. The van der Waals surface area contributed by atoms with Crippen molar-refractivity contribution >= 4 is 10.9 Å². The lowest BCUT2D eigenvalue weighted by atomic mass is 10.1. The number of fused-ring (bicyclic) bond motifs is 1. The Kier molecular flexibility index (Phi) is 3.17. The molecule has 0 aliphatic carbocycles. The highest BCUT2D eigenvalue weighted by molar-refractivity contribution is 5.77. The molecular formula is C14H16FN3O2. The summed E-state index contributed by atoms with van der Waals surface area (Å²) in [5.74, 6) is -0.164. The third kappa shape index (κ3) is 2.06. The molecule has 1 aromatic heterocycles. The van der Waals surface area contributed by atoms with E-state index in [1.807, 2.05) is 0 Å². The van der Waals surface area contributed by atoms with E-state index in [4.69, 9.17) is 0 Å². The summed E-state index contributed by atoms with van der Waals surface area (Å²) in [6, 6.07) is 3.91. The number of rotatable bonds is 2. The molecule has 2 aromatic rings. The Bertz CT molecular complexity index is 772. The fourth-order valence-electron chi connectivity index (χ4n) is 2.77. The number of nitrogens with zero attached hydrogens (tertiary/aromatic N) is 2. The van der Waals surface area contributed by atoms with Crippen molar-refractivity contribution in [1.82, 2.24) is 14.5 Å². The van der Waals surface area contributed by atoms with Crippen molar-refractivity contribution in [3.63, 3.8) is 0 Å². The van der Waals surface area contributed by atoms with E-state index in [0.29, 0.717) is 23.4 Å². The zero-order valence-corrected chi connectivity index (χ0v) is 11.2. The molecule has 106 valence electrons. The largest absolute Gasteiger partial charge is 0.331 e. The van der Waals surface area contributed by atoms with E-state index in [9.17, 15) is 14.0 Å². The fourth-order valence-corrected chi connectivity index (χ4v) is 2.77. The molecule has 0 amide bonds. The van der Waals surface area contributed by atoms with Gasteiger partial charge in [0, 0.05) is 13.6 Å². The molecule has 1 fully saturated rings. The summed E-state index contributed by atoms with van der Waals surface area (Å²) in [6.07, 6.45) is 0.955. The summed E-state index contributed by atoms with van der Waals surface area (Å²) in [5.41, 5.74) is -0.393. The lowest BCUT2D eigenvalue weighted by Gasteiger charge is -2.13. The standard InChI is InChI=1S/C14H16FN3O2/c1-17-12-6-10(15)2-3-11(12)13(19)18(14(17)20)8-9-4-5-16-7-9/h2-3,6,9,16H,4-5,7-8H2,1H3. The second-order valence-corrected chi connectivity index (χ2v) is 5.28. The molecule has 1 aliphatic heterocycles. The van der Waals surface area contributed by atoms with E-state index in [-0.39, 0.29) is 11.2 Å². The minimum atomic E-state index is -0.454. The zero-order valence-electron chi connectivity index (χ0n) is 11.2. The van der Waals surface area contributed by atoms with Gasteiger partial charge in [-0.1, -0.05) is 0 Å². The highest BCUT2D eigenvalue weighted by Gasteiger charge is 2.19. The first kappa shape index (κ1) is 13.1. The van der Waals surface area contributed by atoms with Gasteiger partial charge in [0.25, 0.3) is 5.56 Å². The van der Waals surface area contributed by atoms with E-state index in [1.54, 1.807) is 7.05 Å². The first-order valence-corrected chi connectivity index (χ1v) is 6.67. The van der Waals surface area contributed by atoms with E-state index in [0.717, 1.165) is 19.5 Å². The van der Waals surface area contributed by atoms with E-state index >= 15 is 0 Å². The number of benzene rings is 1. The maximum absolute atomic E-state index is 13.3. The molecule has 0 spiro atoms. The van der Waals surface area contributed by atoms with E-state index in [1.165, 1.54) is 27.3 Å². The fraction of sp³-hybridized carbons (Fsp3) is 0.429. The lowest BCUT2D eigenvalue weighted by molar-refractivity contribution is 0.452. The zero-order chi connectivity index (χ0) is 14.3. The molecule has 2 heterocycles. The van der Waals surface area contributed by atoms with Gasteiger partial charge in [0.15, 0.2) is 0 Å². The third-order valence-electron chi connectivity index (χ3n) is 3.92. The van der Waals surface area contributed by atoms with Crippen molar-refractivity contribution in [2.45, 2.75) is 13.0 Å². The summed E-state index contributed by atoms with van der Waals surface area (Å²) < 4.78 is 15.9. The predicted molar refractivity (Wildman–Crippen MR) is 74.4 cm³/mol. The minimum absolute atomic E-state index is 0.290. The number of nitrogens with one attached hydrogen (secondary N) is 1. The normalized spacial score (nSPS) is 18.8. The maximum Gasteiger partial charge on any atom is 0.331 e. The van der Waals surface area contributed by atoms with Crippen molar-refractivity contribution in [3.8, 4) is 0 Å². The third-order valence-corrected chi connectivity index (χ3v) is 3.92. The molecule has 1 saturated heterocycles. The smallest absolute Gasteiger partial charge is 0.316 e. The van der Waals surface area contributed by atoms with Crippen LogP contribution in [0.1, 0.15) is 6.42 Å². The van der Waals surface area contributed by atoms with Crippen LogP contribution in [-0.4, -0.2) is 22.2 Å². The SMILES string of the molecule is Cn1c(=O)n(CC2CCNC2)c(=O)c2ccc(F)cc21. The minimum Gasteiger partial charge on any atom is -0.316 e. The topological polar surface area (TPSA) is 56.0 Å². The van der Waals surface area contributed by atoms with Crippen LogP contribution in [0.5, 0.6) is 0 Å². The van der Waals surface area contributed by atoms with Crippen LogP contribution in [0.25, 0.3) is 10.9 Å². The maximum atomic E-state index is 13.3. The molecule has 0 saturated carbocycles. The number of halogens is 1. The lowest BCUT2D eigenvalue weighted by Crippen LogP contribution is -2.41. The van der Waals surface area contributed by atoms with Crippen LogP contribution >= 0.6 is 0 Å². The molecule has 0 bridgehead atoms. The van der Waals surface area contributed by atoms with Crippen molar-refractivity contribution in [1.29, 1.82) is 0 Å². The van der Waals surface area contributed by atoms with Crippen molar-refractivity contribution < 1.29 is 4.39 Å². The van der Waals surface area contributed by atoms with Crippen molar-refractivity contribution in [2.24, 2.45) is 13.0 Å².